The first-order valence-corrected chi connectivity index (χ1v) is 7.82. The molecule has 1 aliphatic rings. The standard InChI is InChI=1S/C16H28N2O3/c1-5-17(11-13(3)4)12-15(19)18-10-8-7-9-14(18)16(20)21-6-2/h14H,3,5-12H2,1-2,4H3. The van der Waals surface area contributed by atoms with Crippen LogP contribution in [0.2, 0.25) is 0 Å². The molecule has 0 bridgehead atoms. The molecule has 0 aromatic carbocycles. The third kappa shape index (κ3) is 5.50. The number of esters is 1. The van der Waals surface area contributed by atoms with Gasteiger partial charge < -0.3 is 9.64 Å². The SMILES string of the molecule is C=C(C)CN(CC)CC(=O)N1CCCCC1C(=O)OCC. The molecule has 0 spiro atoms. The van der Waals surface area contributed by atoms with Crippen LogP contribution in [0.5, 0.6) is 0 Å². The summed E-state index contributed by atoms with van der Waals surface area (Å²) in [5.41, 5.74) is 1.03. The number of carbonyl (C=O) groups is 2. The highest BCUT2D eigenvalue weighted by molar-refractivity contribution is 5.85. The van der Waals surface area contributed by atoms with Gasteiger partial charge in [-0.2, -0.15) is 0 Å². The number of rotatable bonds is 7. The van der Waals surface area contributed by atoms with Crippen molar-refractivity contribution in [3.8, 4) is 0 Å². The molecule has 1 fully saturated rings. The summed E-state index contributed by atoms with van der Waals surface area (Å²) in [5.74, 6) is -0.260. The van der Waals surface area contributed by atoms with Gasteiger partial charge in [-0.15, -0.1) is 0 Å². The Hall–Kier alpha value is -1.36. The van der Waals surface area contributed by atoms with Gasteiger partial charge in [-0.25, -0.2) is 4.79 Å². The topological polar surface area (TPSA) is 49.9 Å². The minimum Gasteiger partial charge on any atom is -0.464 e. The van der Waals surface area contributed by atoms with Gasteiger partial charge >= 0.3 is 5.97 Å². The second-order valence-electron chi connectivity index (χ2n) is 5.61. The highest BCUT2D eigenvalue weighted by Gasteiger charge is 2.33. The van der Waals surface area contributed by atoms with E-state index in [2.05, 4.69) is 6.58 Å². The third-order valence-electron chi connectivity index (χ3n) is 3.68. The zero-order chi connectivity index (χ0) is 15.8. The minimum absolute atomic E-state index is 0.0100. The first-order chi connectivity index (χ1) is 9.99. The normalized spacial score (nSPS) is 18.7. The van der Waals surface area contributed by atoms with Crippen molar-refractivity contribution >= 4 is 11.9 Å². The van der Waals surface area contributed by atoms with Crippen molar-refractivity contribution in [1.82, 2.24) is 9.80 Å². The fraction of sp³-hybridized carbons (Fsp3) is 0.750. The quantitative estimate of drug-likeness (QED) is 0.531. The second-order valence-corrected chi connectivity index (χ2v) is 5.61. The second kappa shape index (κ2) is 8.82. The van der Waals surface area contributed by atoms with Crippen LogP contribution in [0.4, 0.5) is 0 Å². The van der Waals surface area contributed by atoms with Crippen LogP contribution in [0.25, 0.3) is 0 Å². The molecule has 1 atom stereocenters. The van der Waals surface area contributed by atoms with Crippen molar-refractivity contribution in [3.63, 3.8) is 0 Å². The number of hydrogen-bond acceptors (Lipinski definition) is 4. The number of piperidine rings is 1. The lowest BCUT2D eigenvalue weighted by Gasteiger charge is -2.35. The van der Waals surface area contributed by atoms with E-state index in [-0.39, 0.29) is 11.9 Å². The van der Waals surface area contributed by atoms with E-state index in [0.29, 0.717) is 32.7 Å². The van der Waals surface area contributed by atoms with E-state index < -0.39 is 6.04 Å². The summed E-state index contributed by atoms with van der Waals surface area (Å²) < 4.78 is 5.10. The molecule has 0 aliphatic carbocycles. The number of hydrogen-bond donors (Lipinski definition) is 0. The monoisotopic (exact) mass is 296 g/mol. The van der Waals surface area contributed by atoms with Gasteiger partial charge in [0, 0.05) is 13.1 Å². The molecule has 120 valence electrons. The van der Waals surface area contributed by atoms with Crippen LogP contribution in [0.1, 0.15) is 40.0 Å². The molecule has 1 rings (SSSR count). The van der Waals surface area contributed by atoms with Crippen LogP contribution in [0, 0.1) is 0 Å². The molecule has 1 aliphatic heterocycles. The zero-order valence-corrected chi connectivity index (χ0v) is 13.6. The Labute approximate surface area is 127 Å². The van der Waals surface area contributed by atoms with Crippen molar-refractivity contribution < 1.29 is 14.3 Å². The van der Waals surface area contributed by atoms with Crippen molar-refractivity contribution in [2.24, 2.45) is 0 Å². The Balaban J connectivity index is 2.67. The largest absolute Gasteiger partial charge is 0.464 e. The molecule has 5 nitrogen and oxygen atoms in total. The molecule has 21 heavy (non-hydrogen) atoms. The molecule has 0 radical (unpaired) electrons. The van der Waals surface area contributed by atoms with Gasteiger partial charge in [0.1, 0.15) is 6.04 Å². The van der Waals surface area contributed by atoms with Crippen molar-refractivity contribution in [2.45, 2.75) is 46.1 Å². The molecule has 0 N–H and O–H groups in total. The van der Waals surface area contributed by atoms with Crippen LogP contribution >= 0.6 is 0 Å². The van der Waals surface area contributed by atoms with Crippen LogP contribution in [0.3, 0.4) is 0 Å². The van der Waals surface area contributed by atoms with Crippen LogP contribution in [-0.4, -0.2) is 60.5 Å². The molecule has 1 saturated heterocycles. The Kier molecular flexibility index (Phi) is 7.43. The van der Waals surface area contributed by atoms with Gasteiger partial charge in [0.2, 0.25) is 5.91 Å². The zero-order valence-electron chi connectivity index (χ0n) is 13.6. The molecule has 0 aromatic rings. The predicted molar refractivity (Wildman–Crippen MR) is 82.9 cm³/mol. The molecule has 1 heterocycles. The van der Waals surface area contributed by atoms with Gasteiger partial charge in [-0.1, -0.05) is 19.1 Å². The van der Waals surface area contributed by atoms with Crippen molar-refractivity contribution in [3.05, 3.63) is 12.2 Å². The molecule has 1 unspecified atom stereocenters. The number of likely N-dealkylation sites (N-methyl/N-ethyl adjacent to an activating group) is 1. The first-order valence-electron chi connectivity index (χ1n) is 7.82. The summed E-state index contributed by atoms with van der Waals surface area (Å²) in [6.07, 6.45) is 2.63. The fourth-order valence-corrected chi connectivity index (χ4v) is 2.66. The molecular formula is C16H28N2O3. The molecule has 0 aromatic heterocycles. The number of ether oxygens (including phenoxy) is 1. The molecule has 1 amide bonds. The number of amides is 1. The fourth-order valence-electron chi connectivity index (χ4n) is 2.66. The summed E-state index contributed by atoms with van der Waals surface area (Å²) in [5, 5.41) is 0. The van der Waals surface area contributed by atoms with E-state index in [9.17, 15) is 9.59 Å². The summed E-state index contributed by atoms with van der Waals surface area (Å²) in [6, 6.07) is -0.408. The highest BCUT2D eigenvalue weighted by atomic mass is 16.5. The minimum atomic E-state index is -0.408. The number of likely N-dealkylation sites (tertiary alicyclic amines) is 1. The van der Waals surface area contributed by atoms with Gasteiger partial charge in [0.15, 0.2) is 0 Å². The lowest BCUT2D eigenvalue weighted by molar-refractivity contribution is -0.157. The average Bonchev–Trinajstić information content (AvgIpc) is 2.46. The summed E-state index contributed by atoms with van der Waals surface area (Å²) in [4.78, 5) is 28.3. The summed E-state index contributed by atoms with van der Waals surface area (Å²) >= 11 is 0. The predicted octanol–water partition coefficient (Wildman–Crippen LogP) is 1.83. The van der Waals surface area contributed by atoms with Crippen molar-refractivity contribution in [2.75, 3.05) is 32.8 Å². The number of carbonyl (C=O) groups excluding carboxylic acids is 2. The van der Waals surface area contributed by atoms with E-state index >= 15 is 0 Å². The Morgan fingerprint density at radius 2 is 2.00 bits per heavy atom. The van der Waals surface area contributed by atoms with Gasteiger partial charge in [-0.3, -0.25) is 9.69 Å². The van der Waals surface area contributed by atoms with Gasteiger partial charge in [0.25, 0.3) is 0 Å². The average molecular weight is 296 g/mol. The maximum Gasteiger partial charge on any atom is 0.328 e. The van der Waals surface area contributed by atoms with E-state index in [1.54, 1.807) is 11.8 Å². The molecule has 0 saturated carbocycles. The van der Waals surface area contributed by atoms with E-state index in [4.69, 9.17) is 4.74 Å². The van der Waals surface area contributed by atoms with E-state index in [1.807, 2.05) is 18.7 Å². The Morgan fingerprint density at radius 1 is 1.29 bits per heavy atom. The van der Waals surface area contributed by atoms with Gasteiger partial charge in [0.05, 0.1) is 13.2 Å². The summed E-state index contributed by atoms with van der Waals surface area (Å²) in [6.45, 7) is 12.5. The van der Waals surface area contributed by atoms with Crippen LogP contribution in [-0.2, 0) is 14.3 Å². The lowest BCUT2D eigenvalue weighted by Crippen LogP contribution is -2.51. The summed E-state index contributed by atoms with van der Waals surface area (Å²) in [7, 11) is 0. The third-order valence-corrected chi connectivity index (χ3v) is 3.68. The Bertz CT molecular complexity index is 382. The first kappa shape index (κ1) is 17.7. The van der Waals surface area contributed by atoms with Crippen LogP contribution in [0.15, 0.2) is 12.2 Å². The molecule has 5 heteroatoms. The lowest BCUT2D eigenvalue weighted by atomic mass is 10.0. The highest BCUT2D eigenvalue weighted by Crippen LogP contribution is 2.19. The number of nitrogens with zero attached hydrogens (tertiary/aromatic N) is 2. The van der Waals surface area contributed by atoms with Crippen LogP contribution < -0.4 is 0 Å². The maximum atomic E-state index is 12.5. The smallest absolute Gasteiger partial charge is 0.328 e. The Morgan fingerprint density at radius 3 is 2.57 bits per heavy atom. The van der Waals surface area contributed by atoms with E-state index in [0.717, 1.165) is 25.0 Å². The van der Waals surface area contributed by atoms with E-state index in [1.165, 1.54) is 0 Å². The maximum absolute atomic E-state index is 12.5. The van der Waals surface area contributed by atoms with Crippen molar-refractivity contribution in [1.29, 1.82) is 0 Å². The molecular weight excluding hydrogens is 268 g/mol. The van der Waals surface area contributed by atoms with Gasteiger partial charge in [-0.05, 0) is 39.7 Å².